The van der Waals surface area contributed by atoms with E-state index in [-0.39, 0.29) is 30.3 Å². The SMILES string of the molecule is COc1cc(C=C[C@H]2C3=CCn4c(=O)n(C)c(=O)n4[C@@H]3CC3=C2C(=O)C(C)=CC3=O)ccc1O. The van der Waals surface area contributed by atoms with Crippen molar-refractivity contribution in [1.82, 2.24) is 13.9 Å². The molecule has 1 aromatic heterocycles. The Morgan fingerprint density at radius 1 is 1.15 bits per heavy atom. The summed E-state index contributed by atoms with van der Waals surface area (Å²) in [4.78, 5) is 51.5. The summed E-state index contributed by atoms with van der Waals surface area (Å²) < 4.78 is 8.99. The molecule has 0 amide bonds. The lowest BCUT2D eigenvalue weighted by Crippen LogP contribution is -2.41. The Labute approximate surface area is 194 Å². The van der Waals surface area contributed by atoms with Gasteiger partial charge in [-0.15, -0.1) is 0 Å². The van der Waals surface area contributed by atoms with Crippen molar-refractivity contribution >= 4 is 17.6 Å². The molecule has 5 rings (SSSR count). The molecule has 1 N–H and O–H groups in total. The molecule has 0 saturated heterocycles. The van der Waals surface area contributed by atoms with E-state index in [1.54, 1.807) is 25.1 Å². The molecule has 174 valence electrons. The summed E-state index contributed by atoms with van der Waals surface area (Å²) in [6.45, 7) is 1.81. The van der Waals surface area contributed by atoms with E-state index in [1.807, 2.05) is 12.2 Å². The molecule has 2 atom stereocenters. The first-order chi connectivity index (χ1) is 16.2. The highest BCUT2D eigenvalue weighted by atomic mass is 16.5. The molecule has 1 aliphatic heterocycles. The van der Waals surface area contributed by atoms with Gasteiger partial charge in [-0.2, -0.15) is 0 Å². The lowest BCUT2D eigenvalue weighted by atomic mass is 9.70. The molecular weight excluding hydrogens is 438 g/mol. The number of phenolic OH excluding ortho intramolecular Hbond substituents is 1. The third-order valence-corrected chi connectivity index (χ3v) is 6.76. The number of methoxy groups -OCH3 is 1. The predicted molar refractivity (Wildman–Crippen MR) is 124 cm³/mol. The van der Waals surface area contributed by atoms with E-state index in [2.05, 4.69) is 0 Å². The molecule has 0 radical (unpaired) electrons. The molecule has 0 saturated carbocycles. The number of aromatic nitrogens is 3. The third kappa shape index (κ3) is 3.07. The summed E-state index contributed by atoms with van der Waals surface area (Å²) >= 11 is 0. The number of carbonyl (C=O) groups excluding carboxylic acids is 2. The molecule has 2 aromatic rings. The molecular formula is C25H23N3O6. The number of allylic oxidation sites excluding steroid dienone is 7. The number of aromatic hydroxyl groups is 1. The Morgan fingerprint density at radius 2 is 1.91 bits per heavy atom. The van der Waals surface area contributed by atoms with E-state index in [0.717, 1.165) is 15.7 Å². The van der Waals surface area contributed by atoms with Crippen molar-refractivity contribution < 1.29 is 19.4 Å². The maximum atomic E-state index is 13.2. The van der Waals surface area contributed by atoms with E-state index < -0.39 is 23.3 Å². The molecule has 34 heavy (non-hydrogen) atoms. The number of Topliss-reactive ketones (excluding diaryl/α,β-unsaturated/α-hetero) is 1. The topological polar surface area (TPSA) is 113 Å². The van der Waals surface area contributed by atoms with Crippen LogP contribution in [0.2, 0.25) is 0 Å². The third-order valence-electron chi connectivity index (χ3n) is 6.76. The molecule has 0 spiro atoms. The van der Waals surface area contributed by atoms with Gasteiger partial charge in [-0.3, -0.25) is 9.59 Å². The number of fused-ring (bicyclic) bond motifs is 3. The van der Waals surface area contributed by atoms with Crippen molar-refractivity contribution in [3.8, 4) is 11.5 Å². The molecule has 3 aliphatic rings. The number of ketones is 2. The van der Waals surface area contributed by atoms with Gasteiger partial charge in [0, 0.05) is 36.1 Å². The van der Waals surface area contributed by atoms with Crippen molar-refractivity contribution in [2.24, 2.45) is 13.0 Å². The smallest absolute Gasteiger partial charge is 0.347 e. The van der Waals surface area contributed by atoms with Gasteiger partial charge in [0.2, 0.25) is 0 Å². The summed E-state index contributed by atoms with van der Waals surface area (Å²) in [6.07, 6.45) is 6.99. The Morgan fingerprint density at radius 3 is 2.65 bits per heavy atom. The van der Waals surface area contributed by atoms with Gasteiger partial charge in [-0.25, -0.2) is 23.5 Å². The highest BCUT2D eigenvalue weighted by molar-refractivity contribution is 6.23. The Kier molecular flexibility index (Phi) is 4.93. The molecule has 0 unspecified atom stereocenters. The minimum absolute atomic E-state index is 0.00704. The van der Waals surface area contributed by atoms with Gasteiger partial charge >= 0.3 is 11.4 Å². The van der Waals surface area contributed by atoms with Crippen LogP contribution in [-0.4, -0.2) is 37.7 Å². The number of hydrogen-bond donors (Lipinski definition) is 1. The van der Waals surface area contributed by atoms with Crippen LogP contribution in [0.5, 0.6) is 11.5 Å². The maximum Gasteiger partial charge on any atom is 0.347 e. The first kappa shape index (κ1) is 21.7. The molecule has 9 nitrogen and oxygen atoms in total. The van der Waals surface area contributed by atoms with E-state index in [0.29, 0.717) is 22.5 Å². The maximum absolute atomic E-state index is 13.2. The van der Waals surface area contributed by atoms with Crippen molar-refractivity contribution in [3.05, 3.63) is 85.3 Å². The summed E-state index contributed by atoms with van der Waals surface area (Å²) in [5, 5.41) is 9.88. The average Bonchev–Trinajstić information content (AvgIpc) is 3.05. The zero-order valence-corrected chi connectivity index (χ0v) is 18.9. The monoisotopic (exact) mass is 461 g/mol. The molecule has 9 heteroatoms. The summed E-state index contributed by atoms with van der Waals surface area (Å²) in [6, 6.07) is 4.32. The lowest BCUT2D eigenvalue weighted by Gasteiger charge is -2.38. The fraction of sp³-hybridized carbons (Fsp3) is 0.280. The zero-order valence-electron chi connectivity index (χ0n) is 18.9. The molecule has 2 heterocycles. The number of benzene rings is 1. The number of rotatable bonds is 3. The van der Waals surface area contributed by atoms with Crippen molar-refractivity contribution in [3.63, 3.8) is 0 Å². The fourth-order valence-electron chi connectivity index (χ4n) is 5.02. The minimum Gasteiger partial charge on any atom is -0.504 e. The number of ether oxygens (including phenoxy) is 1. The Hall–Kier alpha value is -4.14. The predicted octanol–water partition coefficient (Wildman–Crippen LogP) is 1.67. The molecule has 2 aliphatic carbocycles. The van der Waals surface area contributed by atoms with Crippen LogP contribution in [-0.2, 0) is 23.2 Å². The van der Waals surface area contributed by atoms with Gasteiger partial charge in [-0.1, -0.05) is 24.3 Å². The van der Waals surface area contributed by atoms with Crippen LogP contribution in [0.4, 0.5) is 0 Å². The van der Waals surface area contributed by atoms with E-state index in [9.17, 15) is 24.3 Å². The Balaban J connectivity index is 1.67. The average molecular weight is 461 g/mol. The fourth-order valence-corrected chi connectivity index (χ4v) is 5.02. The second-order valence-corrected chi connectivity index (χ2v) is 8.66. The van der Waals surface area contributed by atoms with Crippen molar-refractivity contribution in [2.75, 3.05) is 7.11 Å². The van der Waals surface area contributed by atoms with Crippen LogP contribution >= 0.6 is 0 Å². The quantitative estimate of drug-likeness (QED) is 0.550. The number of carbonyl (C=O) groups is 2. The van der Waals surface area contributed by atoms with Gasteiger partial charge in [0.05, 0.1) is 19.7 Å². The van der Waals surface area contributed by atoms with E-state index in [1.165, 1.54) is 35.7 Å². The number of hydrogen-bond acceptors (Lipinski definition) is 6. The van der Waals surface area contributed by atoms with Crippen LogP contribution in [0, 0.1) is 5.92 Å². The second kappa shape index (κ2) is 7.72. The highest BCUT2D eigenvalue weighted by Crippen LogP contribution is 2.45. The van der Waals surface area contributed by atoms with Crippen LogP contribution in [0.15, 0.2) is 68.3 Å². The summed E-state index contributed by atoms with van der Waals surface area (Å²) in [5.74, 6) is -0.685. The lowest BCUT2D eigenvalue weighted by molar-refractivity contribution is -0.116. The van der Waals surface area contributed by atoms with Gasteiger partial charge < -0.3 is 9.84 Å². The number of nitrogens with zero attached hydrogens (tertiary/aromatic N) is 3. The van der Waals surface area contributed by atoms with Crippen LogP contribution in [0.3, 0.4) is 0 Å². The van der Waals surface area contributed by atoms with E-state index in [4.69, 9.17) is 4.74 Å². The summed E-state index contributed by atoms with van der Waals surface area (Å²) in [7, 11) is 2.88. The second-order valence-electron chi connectivity index (χ2n) is 8.66. The summed E-state index contributed by atoms with van der Waals surface area (Å²) in [5.41, 5.74) is 1.79. The first-order valence-corrected chi connectivity index (χ1v) is 10.9. The normalized spacial score (nSPS) is 21.7. The van der Waals surface area contributed by atoms with Gasteiger partial charge in [0.15, 0.2) is 23.1 Å². The van der Waals surface area contributed by atoms with Crippen LogP contribution < -0.4 is 16.1 Å². The van der Waals surface area contributed by atoms with Gasteiger partial charge in [0.25, 0.3) is 0 Å². The standard InChI is InChI=1S/C25H23N3O6/c1-13-10-20(30)17-12-18-15(8-9-27-24(32)26(2)25(33)28(18)27)16(22(17)23(13)31)6-4-14-5-7-19(29)21(11-14)34-3/h4-8,10-11,16,18,29H,9,12H2,1-3H3/t16-,18+/m0/s1. The van der Waals surface area contributed by atoms with Gasteiger partial charge in [-0.05, 0) is 36.3 Å². The van der Waals surface area contributed by atoms with Crippen LogP contribution in [0.25, 0.3) is 6.08 Å². The van der Waals surface area contributed by atoms with Crippen molar-refractivity contribution in [2.45, 2.75) is 25.9 Å². The van der Waals surface area contributed by atoms with Gasteiger partial charge in [0.1, 0.15) is 0 Å². The number of phenols is 1. The minimum atomic E-state index is -0.554. The molecule has 0 fully saturated rings. The largest absolute Gasteiger partial charge is 0.504 e. The van der Waals surface area contributed by atoms with Crippen molar-refractivity contribution in [1.29, 1.82) is 0 Å². The first-order valence-electron chi connectivity index (χ1n) is 10.9. The zero-order chi connectivity index (χ0) is 24.3. The van der Waals surface area contributed by atoms with Crippen LogP contribution in [0.1, 0.15) is 24.9 Å². The highest BCUT2D eigenvalue weighted by Gasteiger charge is 2.43. The Bertz CT molecular complexity index is 1510. The van der Waals surface area contributed by atoms with E-state index >= 15 is 0 Å². The molecule has 0 bridgehead atoms. The molecule has 1 aromatic carbocycles.